The Bertz CT molecular complexity index is 639. The first-order valence-corrected chi connectivity index (χ1v) is 7.00. The van der Waals surface area contributed by atoms with Crippen LogP contribution in [0.5, 0.6) is 0 Å². The van der Waals surface area contributed by atoms with Gasteiger partial charge in [-0.25, -0.2) is 9.48 Å². The van der Waals surface area contributed by atoms with E-state index in [4.69, 9.17) is 5.11 Å². The van der Waals surface area contributed by atoms with Crippen LogP contribution in [0.15, 0.2) is 29.2 Å². The van der Waals surface area contributed by atoms with E-state index in [9.17, 15) is 4.79 Å². The zero-order chi connectivity index (χ0) is 13.4. The van der Waals surface area contributed by atoms with Crippen molar-refractivity contribution < 1.29 is 9.90 Å². The molecule has 0 spiro atoms. The Balaban J connectivity index is 1.86. The molecule has 0 saturated heterocycles. The van der Waals surface area contributed by atoms with Gasteiger partial charge in [-0.15, -0.1) is 16.9 Å². The molecule has 0 amide bonds. The molecule has 2 heterocycles. The molecule has 2 aromatic rings. The number of aromatic nitrogens is 3. The van der Waals surface area contributed by atoms with E-state index in [2.05, 4.69) is 22.4 Å². The van der Waals surface area contributed by atoms with Gasteiger partial charge in [-0.3, -0.25) is 0 Å². The van der Waals surface area contributed by atoms with E-state index in [-0.39, 0.29) is 5.69 Å². The summed E-state index contributed by atoms with van der Waals surface area (Å²) in [5.41, 5.74) is 1.97. The summed E-state index contributed by atoms with van der Waals surface area (Å²) in [6.07, 6.45) is 0. The Morgan fingerprint density at radius 3 is 3.05 bits per heavy atom. The van der Waals surface area contributed by atoms with E-state index in [1.807, 2.05) is 23.9 Å². The summed E-state index contributed by atoms with van der Waals surface area (Å²) >= 11 is 1.84. The van der Waals surface area contributed by atoms with Gasteiger partial charge in [0.1, 0.15) is 0 Å². The number of benzene rings is 1. The summed E-state index contributed by atoms with van der Waals surface area (Å²) in [6, 6.07) is 8.33. The molecule has 1 unspecified atom stereocenters. The number of aromatic carboxylic acids is 1. The molecule has 0 bridgehead atoms. The van der Waals surface area contributed by atoms with E-state index < -0.39 is 5.97 Å². The average Bonchev–Trinajstić information content (AvgIpc) is 2.96. The second-order valence-corrected chi connectivity index (χ2v) is 5.62. The molecule has 1 aromatic heterocycles. The SMILES string of the molecule is Cc1c(C(=O)O)nnn1CC1CSc2ccccc21. The van der Waals surface area contributed by atoms with Crippen LogP contribution in [-0.4, -0.2) is 31.8 Å². The molecule has 1 aliphatic rings. The van der Waals surface area contributed by atoms with Gasteiger partial charge >= 0.3 is 5.97 Å². The number of hydrogen-bond acceptors (Lipinski definition) is 4. The maximum atomic E-state index is 11.0. The van der Waals surface area contributed by atoms with Crippen LogP contribution in [0.3, 0.4) is 0 Å². The van der Waals surface area contributed by atoms with Crippen molar-refractivity contribution in [2.24, 2.45) is 0 Å². The minimum atomic E-state index is -1.02. The topological polar surface area (TPSA) is 68.0 Å². The van der Waals surface area contributed by atoms with Gasteiger partial charge in [-0.05, 0) is 18.6 Å². The van der Waals surface area contributed by atoms with Crippen LogP contribution < -0.4 is 0 Å². The van der Waals surface area contributed by atoms with Crippen molar-refractivity contribution in [2.75, 3.05) is 5.75 Å². The van der Waals surface area contributed by atoms with Gasteiger partial charge in [0, 0.05) is 16.6 Å². The first-order valence-electron chi connectivity index (χ1n) is 6.02. The Labute approximate surface area is 114 Å². The Kier molecular flexibility index (Phi) is 3.02. The molecule has 0 fully saturated rings. The molecule has 6 heteroatoms. The standard InChI is InChI=1S/C13H13N3O2S/c1-8-12(13(17)18)14-15-16(8)6-9-7-19-11-5-3-2-4-10(9)11/h2-5,9H,6-7H2,1H3,(H,17,18). The normalized spacial score (nSPS) is 17.4. The highest BCUT2D eigenvalue weighted by molar-refractivity contribution is 7.99. The quantitative estimate of drug-likeness (QED) is 0.929. The Morgan fingerprint density at radius 2 is 2.32 bits per heavy atom. The van der Waals surface area contributed by atoms with Crippen LogP contribution in [-0.2, 0) is 6.54 Å². The van der Waals surface area contributed by atoms with Crippen molar-refractivity contribution in [1.82, 2.24) is 15.0 Å². The molecule has 0 aliphatic carbocycles. The number of carboxylic acid groups (broad SMARTS) is 1. The summed E-state index contributed by atoms with van der Waals surface area (Å²) in [6.45, 7) is 2.42. The third-order valence-corrected chi connectivity index (χ3v) is 4.63. The molecule has 0 saturated carbocycles. The summed E-state index contributed by atoms with van der Waals surface area (Å²) in [4.78, 5) is 12.3. The molecule has 19 heavy (non-hydrogen) atoms. The van der Waals surface area contributed by atoms with Gasteiger partial charge in [-0.2, -0.15) is 0 Å². The second-order valence-electron chi connectivity index (χ2n) is 4.56. The maximum absolute atomic E-state index is 11.0. The van der Waals surface area contributed by atoms with Crippen molar-refractivity contribution in [2.45, 2.75) is 24.3 Å². The molecule has 5 nitrogen and oxygen atoms in total. The minimum Gasteiger partial charge on any atom is -0.476 e. The molecule has 1 aromatic carbocycles. The van der Waals surface area contributed by atoms with Crippen LogP contribution in [0, 0.1) is 6.92 Å². The fraction of sp³-hybridized carbons (Fsp3) is 0.308. The minimum absolute atomic E-state index is 0.0407. The van der Waals surface area contributed by atoms with Crippen molar-refractivity contribution in [3.63, 3.8) is 0 Å². The highest BCUT2D eigenvalue weighted by Gasteiger charge is 2.25. The zero-order valence-electron chi connectivity index (χ0n) is 10.4. The predicted octanol–water partition coefficient (Wildman–Crippen LogP) is 2.17. The number of fused-ring (bicyclic) bond motifs is 1. The highest BCUT2D eigenvalue weighted by Crippen LogP contribution is 2.40. The summed E-state index contributed by atoms with van der Waals surface area (Å²) < 4.78 is 1.69. The molecular formula is C13H13N3O2S. The fourth-order valence-corrected chi connectivity index (χ4v) is 3.56. The van der Waals surface area contributed by atoms with Crippen molar-refractivity contribution >= 4 is 17.7 Å². The lowest BCUT2D eigenvalue weighted by Crippen LogP contribution is -2.12. The first-order chi connectivity index (χ1) is 9.16. The van der Waals surface area contributed by atoms with Crippen molar-refractivity contribution in [1.29, 1.82) is 0 Å². The lowest BCUT2D eigenvalue weighted by atomic mass is 10.0. The van der Waals surface area contributed by atoms with Gasteiger partial charge < -0.3 is 5.11 Å². The van der Waals surface area contributed by atoms with Crippen molar-refractivity contribution in [3.05, 3.63) is 41.2 Å². The summed E-state index contributed by atoms with van der Waals surface area (Å²) in [5.74, 6) is 0.342. The van der Waals surface area contributed by atoms with Crippen LogP contribution in [0.2, 0.25) is 0 Å². The predicted molar refractivity (Wildman–Crippen MR) is 71.6 cm³/mol. The number of rotatable bonds is 3. The average molecular weight is 275 g/mol. The smallest absolute Gasteiger partial charge is 0.358 e. The van der Waals surface area contributed by atoms with Gasteiger partial charge in [0.05, 0.1) is 12.2 Å². The first kappa shape index (κ1) is 12.2. The van der Waals surface area contributed by atoms with Crippen LogP contribution in [0.25, 0.3) is 0 Å². The molecular weight excluding hydrogens is 262 g/mol. The van der Waals surface area contributed by atoms with Crippen LogP contribution >= 0.6 is 11.8 Å². The largest absolute Gasteiger partial charge is 0.476 e. The number of carboxylic acids is 1. The van der Waals surface area contributed by atoms with Gasteiger partial charge in [0.25, 0.3) is 0 Å². The Morgan fingerprint density at radius 1 is 1.53 bits per heavy atom. The fourth-order valence-electron chi connectivity index (χ4n) is 2.32. The number of nitrogens with zero attached hydrogens (tertiary/aromatic N) is 3. The number of carbonyl (C=O) groups is 1. The zero-order valence-corrected chi connectivity index (χ0v) is 11.2. The van der Waals surface area contributed by atoms with E-state index >= 15 is 0 Å². The van der Waals surface area contributed by atoms with E-state index in [0.29, 0.717) is 18.2 Å². The van der Waals surface area contributed by atoms with Crippen LogP contribution in [0.1, 0.15) is 27.7 Å². The van der Waals surface area contributed by atoms with Gasteiger partial charge in [0.2, 0.25) is 0 Å². The Hall–Kier alpha value is -1.82. The highest BCUT2D eigenvalue weighted by atomic mass is 32.2. The summed E-state index contributed by atoms with van der Waals surface area (Å²) in [5, 5.41) is 16.6. The molecule has 1 N–H and O–H groups in total. The van der Waals surface area contributed by atoms with Gasteiger partial charge in [0.15, 0.2) is 5.69 Å². The molecule has 1 aliphatic heterocycles. The third-order valence-electron chi connectivity index (χ3n) is 3.38. The third kappa shape index (κ3) is 2.12. The monoisotopic (exact) mass is 275 g/mol. The molecule has 3 rings (SSSR count). The van der Waals surface area contributed by atoms with Gasteiger partial charge in [-0.1, -0.05) is 23.4 Å². The molecule has 1 atom stereocenters. The van der Waals surface area contributed by atoms with E-state index in [1.54, 1.807) is 11.6 Å². The number of thioether (sulfide) groups is 1. The lowest BCUT2D eigenvalue weighted by molar-refractivity contribution is 0.0689. The molecule has 0 radical (unpaired) electrons. The maximum Gasteiger partial charge on any atom is 0.358 e. The van der Waals surface area contributed by atoms with Crippen molar-refractivity contribution in [3.8, 4) is 0 Å². The van der Waals surface area contributed by atoms with E-state index in [0.717, 1.165) is 5.75 Å². The van der Waals surface area contributed by atoms with Crippen LogP contribution in [0.4, 0.5) is 0 Å². The second kappa shape index (κ2) is 4.70. The summed E-state index contributed by atoms with van der Waals surface area (Å²) in [7, 11) is 0. The number of hydrogen-bond donors (Lipinski definition) is 1. The van der Waals surface area contributed by atoms with E-state index in [1.165, 1.54) is 10.5 Å². The lowest BCUT2D eigenvalue weighted by Gasteiger charge is -2.11. The molecule has 98 valence electrons.